The SMILES string of the molecule is CCCN(CC)C1CCN(C(=O)Oc2cc(N=Nc3ccccc3)c(N)nc2N)CC1. The molecule has 1 aromatic carbocycles. The van der Waals surface area contributed by atoms with Crippen molar-refractivity contribution in [3.05, 3.63) is 36.4 Å². The minimum atomic E-state index is -0.443. The van der Waals surface area contributed by atoms with Crippen molar-refractivity contribution in [3.63, 3.8) is 0 Å². The molecule has 0 radical (unpaired) electrons. The molecule has 0 aliphatic carbocycles. The molecule has 2 aromatic rings. The van der Waals surface area contributed by atoms with Crippen molar-refractivity contribution in [3.8, 4) is 5.75 Å². The lowest BCUT2D eigenvalue weighted by atomic mass is 10.0. The van der Waals surface area contributed by atoms with E-state index in [9.17, 15) is 4.79 Å². The van der Waals surface area contributed by atoms with Crippen LogP contribution in [0.25, 0.3) is 0 Å². The molecule has 31 heavy (non-hydrogen) atoms. The zero-order valence-electron chi connectivity index (χ0n) is 18.2. The zero-order valence-corrected chi connectivity index (χ0v) is 18.2. The molecule has 166 valence electrons. The maximum Gasteiger partial charge on any atom is 0.415 e. The van der Waals surface area contributed by atoms with Gasteiger partial charge in [0.2, 0.25) is 0 Å². The van der Waals surface area contributed by atoms with Crippen LogP contribution in [0, 0.1) is 0 Å². The Kier molecular flexibility index (Phi) is 7.77. The molecule has 1 amide bonds. The van der Waals surface area contributed by atoms with E-state index in [1.807, 2.05) is 30.3 Å². The lowest BCUT2D eigenvalue weighted by Crippen LogP contribution is -2.47. The van der Waals surface area contributed by atoms with Crippen molar-refractivity contribution >= 4 is 29.1 Å². The first kappa shape index (κ1) is 22.5. The molecule has 1 aliphatic rings. The third kappa shape index (κ3) is 5.91. The molecule has 2 heterocycles. The number of anilines is 2. The predicted octanol–water partition coefficient (Wildman–Crippen LogP) is 4.36. The number of carbonyl (C=O) groups excluding carboxylic acids is 1. The summed E-state index contributed by atoms with van der Waals surface area (Å²) in [6.07, 6.45) is 2.54. The molecule has 0 spiro atoms. The zero-order chi connectivity index (χ0) is 22.2. The number of ether oxygens (including phenoxy) is 1. The molecule has 4 N–H and O–H groups in total. The van der Waals surface area contributed by atoms with Crippen LogP contribution in [0.4, 0.5) is 27.8 Å². The van der Waals surface area contributed by atoms with E-state index in [0.29, 0.717) is 24.8 Å². The number of nitrogen functional groups attached to an aromatic ring is 2. The fourth-order valence-corrected chi connectivity index (χ4v) is 3.74. The highest BCUT2D eigenvalue weighted by Gasteiger charge is 2.27. The number of hydrogen-bond donors (Lipinski definition) is 2. The van der Waals surface area contributed by atoms with Crippen LogP contribution in [-0.4, -0.2) is 53.1 Å². The van der Waals surface area contributed by atoms with Gasteiger partial charge in [0, 0.05) is 25.2 Å². The van der Waals surface area contributed by atoms with Gasteiger partial charge in [0.1, 0.15) is 5.69 Å². The predicted molar refractivity (Wildman–Crippen MR) is 122 cm³/mol. The molecule has 9 nitrogen and oxygen atoms in total. The van der Waals surface area contributed by atoms with Gasteiger partial charge in [0.05, 0.1) is 5.69 Å². The van der Waals surface area contributed by atoms with Crippen LogP contribution in [0.3, 0.4) is 0 Å². The number of carbonyl (C=O) groups is 1. The van der Waals surface area contributed by atoms with E-state index in [0.717, 1.165) is 32.4 Å². The Balaban J connectivity index is 1.64. The number of aromatic nitrogens is 1. The summed E-state index contributed by atoms with van der Waals surface area (Å²) in [5.74, 6) is 0.289. The highest BCUT2D eigenvalue weighted by atomic mass is 16.6. The Morgan fingerprint density at radius 1 is 1.16 bits per heavy atom. The molecule has 0 saturated carbocycles. The number of nitrogens with two attached hydrogens (primary N) is 2. The van der Waals surface area contributed by atoms with Crippen molar-refractivity contribution < 1.29 is 9.53 Å². The van der Waals surface area contributed by atoms with Crippen LogP contribution in [0.1, 0.15) is 33.1 Å². The van der Waals surface area contributed by atoms with Crippen LogP contribution in [0.5, 0.6) is 5.75 Å². The maximum absolute atomic E-state index is 12.7. The topological polar surface area (TPSA) is 122 Å². The summed E-state index contributed by atoms with van der Waals surface area (Å²) in [5, 5.41) is 8.26. The number of nitrogens with zero attached hydrogens (tertiary/aromatic N) is 5. The summed E-state index contributed by atoms with van der Waals surface area (Å²) < 4.78 is 5.53. The van der Waals surface area contributed by atoms with Crippen molar-refractivity contribution in [2.75, 3.05) is 37.6 Å². The lowest BCUT2D eigenvalue weighted by molar-refractivity contribution is 0.101. The van der Waals surface area contributed by atoms with Gasteiger partial charge in [0.25, 0.3) is 0 Å². The average molecular weight is 426 g/mol. The highest BCUT2D eigenvalue weighted by Crippen LogP contribution is 2.32. The molecule has 1 fully saturated rings. The number of rotatable bonds is 7. The van der Waals surface area contributed by atoms with Crippen molar-refractivity contribution in [1.29, 1.82) is 0 Å². The van der Waals surface area contributed by atoms with E-state index < -0.39 is 6.09 Å². The summed E-state index contributed by atoms with van der Waals surface area (Å²) in [6, 6.07) is 11.2. The summed E-state index contributed by atoms with van der Waals surface area (Å²) in [7, 11) is 0. The summed E-state index contributed by atoms with van der Waals surface area (Å²) in [4.78, 5) is 20.9. The number of pyridine rings is 1. The van der Waals surface area contributed by atoms with E-state index in [4.69, 9.17) is 16.2 Å². The van der Waals surface area contributed by atoms with E-state index in [2.05, 4.69) is 34.0 Å². The fourth-order valence-electron chi connectivity index (χ4n) is 3.74. The van der Waals surface area contributed by atoms with Gasteiger partial charge in [0.15, 0.2) is 17.4 Å². The molecule has 9 heteroatoms. The molecule has 1 aliphatic heterocycles. The van der Waals surface area contributed by atoms with Gasteiger partial charge in [-0.25, -0.2) is 9.78 Å². The summed E-state index contributed by atoms with van der Waals surface area (Å²) in [5.41, 5.74) is 12.8. The van der Waals surface area contributed by atoms with Crippen LogP contribution in [0.15, 0.2) is 46.6 Å². The van der Waals surface area contributed by atoms with E-state index >= 15 is 0 Å². The Labute approximate surface area is 183 Å². The Bertz CT molecular complexity index is 896. The van der Waals surface area contributed by atoms with E-state index in [1.165, 1.54) is 6.07 Å². The number of amides is 1. The molecule has 1 aromatic heterocycles. The first-order valence-electron chi connectivity index (χ1n) is 10.7. The molecular weight excluding hydrogens is 394 g/mol. The standard InChI is InChI=1S/C22H31N7O2/c1-3-12-28(4-2)17-10-13-29(14-11-17)22(30)31-19-15-18(20(23)25-21(19)24)27-26-16-8-6-5-7-9-16/h5-9,15,17H,3-4,10-14H2,1-2H3,(H4,23,24,25). The largest absolute Gasteiger partial charge is 0.415 e. The normalized spacial score (nSPS) is 15.0. The summed E-state index contributed by atoms with van der Waals surface area (Å²) in [6.45, 7) is 7.77. The van der Waals surface area contributed by atoms with Crippen LogP contribution in [0.2, 0.25) is 0 Å². The van der Waals surface area contributed by atoms with Crippen LogP contribution >= 0.6 is 0 Å². The second-order valence-electron chi connectivity index (χ2n) is 7.53. The van der Waals surface area contributed by atoms with Gasteiger partial charge >= 0.3 is 6.09 Å². The number of piperidine rings is 1. The summed E-state index contributed by atoms with van der Waals surface area (Å²) >= 11 is 0. The lowest BCUT2D eigenvalue weighted by Gasteiger charge is -2.37. The van der Waals surface area contributed by atoms with E-state index in [1.54, 1.807) is 4.90 Å². The number of hydrogen-bond acceptors (Lipinski definition) is 8. The number of azo groups is 1. The van der Waals surface area contributed by atoms with Gasteiger partial charge in [-0.3, -0.25) is 0 Å². The van der Waals surface area contributed by atoms with Crippen LogP contribution < -0.4 is 16.2 Å². The van der Waals surface area contributed by atoms with Gasteiger partial charge in [-0.05, 0) is 44.5 Å². The monoisotopic (exact) mass is 425 g/mol. The van der Waals surface area contributed by atoms with Gasteiger partial charge in [-0.15, -0.1) is 5.11 Å². The van der Waals surface area contributed by atoms with Crippen molar-refractivity contribution in [1.82, 2.24) is 14.8 Å². The minimum Gasteiger partial charge on any atom is -0.406 e. The average Bonchev–Trinajstić information content (AvgIpc) is 2.79. The Morgan fingerprint density at radius 2 is 1.87 bits per heavy atom. The van der Waals surface area contributed by atoms with E-state index in [-0.39, 0.29) is 23.1 Å². The Hall–Kier alpha value is -3.20. The molecule has 0 bridgehead atoms. The second kappa shape index (κ2) is 10.7. The third-order valence-corrected chi connectivity index (χ3v) is 5.41. The molecule has 1 saturated heterocycles. The smallest absolute Gasteiger partial charge is 0.406 e. The quantitative estimate of drug-likeness (QED) is 0.636. The van der Waals surface area contributed by atoms with Gasteiger partial charge in [-0.1, -0.05) is 32.0 Å². The van der Waals surface area contributed by atoms with Gasteiger partial charge in [-0.2, -0.15) is 5.11 Å². The van der Waals surface area contributed by atoms with Crippen molar-refractivity contribution in [2.24, 2.45) is 10.2 Å². The maximum atomic E-state index is 12.7. The molecular formula is C22H31N7O2. The van der Waals surface area contributed by atoms with Crippen molar-refractivity contribution in [2.45, 2.75) is 39.2 Å². The second-order valence-corrected chi connectivity index (χ2v) is 7.53. The van der Waals surface area contributed by atoms with Crippen LogP contribution in [-0.2, 0) is 0 Å². The highest BCUT2D eigenvalue weighted by molar-refractivity contribution is 5.75. The minimum absolute atomic E-state index is 0.0412. The number of benzene rings is 1. The first-order valence-corrected chi connectivity index (χ1v) is 10.7. The third-order valence-electron chi connectivity index (χ3n) is 5.41. The van der Waals surface area contributed by atoms with Gasteiger partial charge < -0.3 is 26.0 Å². The Morgan fingerprint density at radius 3 is 2.52 bits per heavy atom. The number of likely N-dealkylation sites (tertiary alicyclic amines) is 1. The fraction of sp³-hybridized carbons (Fsp3) is 0.455. The first-order chi connectivity index (χ1) is 15.0. The molecule has 0 atom stereocenters. The molecule has 0 unspecified atom stereocenters. The molecule has 3 rings (SSSR count).